The van der Waals surface area contributed by atoms with Crippen LogP contribution < -0.4 is 5.32 Å². The second kappa shape index (κ2) is 5.87. The zero-order valence-corrected chi connectivity index (χ0v) is 12.2. The molecule has 1 aliphatic rings. The van der Waals surface area contributed by atoms with Gasteiger partial charge in [0.2, 0.25) is 5.91 Å². The molecule has 1 aliphatic heterocycles. The Morgan fingerprint density at radius 3 is 2.95 bits per heavy atom. The lowest BCUT2D eigenvalue weighted by Gasteiger charge is -2.26. The van der Waals surface area contributed by atoms with Gasteiger partial charge in [-0.1, -0.05) is 18.2 Å². The Bertz CT molecular complexity index is 637. The number of aliphatic hydroxyl groups is 1. The molecule has 1 fully saturated rings. The summed E-state index contributed by atoms with van der Waals surface area (Å²) in [5, 5.41) is 14.1. The number of fused-ring (bicyclic) bond motifs is 1. The molecular weight excluding hydrogens is 266 g/mol. The highest BCUT2D eigenvalue weighted by molar-refractivity contribution is 5.84. The fourth-order valence-electron chi connectivity index (χ4n) is 2.99. The standard InChI is InChI=1S/C16H21N3O2/c1-19(14-9-17-10-15(14)20)16(21)7-6-11-8-18-13-5-3-2-4-12(11)13/h2-5,8,14-15,17-18,20H,6-7,9-10H2,1H3/t14-,15-/m1/s1. The van der Waals surface area contributed by atoms with Gasteiger partial charge in [0.15, 0.2) is 0 Å². The summed E-state index contributed by atoms with van der Waals surface area (Å²) in [5.41, 5.74) is 2.26. The number of para-hydroxylation sites is 1. The average molecular weight is 287 g/mol. The number of aliphatic hydroxyl groups excluding tert-OH is 1. The molecule has 1 aromatic heterocycles. The maximum absolute atomic E-state index is 12.3. The summed E-state index contributed by atoms with van der Waals surface area (Å²) in [6.45, 7) is 1.22. The summed E-state index contributed by atoms with van der Waals surface area (Å²) in [5.74, 6) is 0.0769. The SMILES string of the molecule is CN(C(=O)CCc1c[nH]c2ccccc12)[C@@H]1CNC[C@H]1O. The molecule has 3 N–H and O–H groups in total. The second-order valence-electron chi connectivity index (χ2n) is 5.66. The molecule has 5 heteroatoms. The topological polar surface area (TPSA) is 68.4 Å². The van der Waals surface area contributed by atoms with E-state index >= 15 is 0 Å². The number of rotatable bonds is 4. The van der Waals surface area contributed by atoms with E-state index in [-0.39, 0.29) is 11.9 Å². The predicted molar refractivity (Wildman–Crippen MR) is 82.1 cm³/mol. The number of nitrogens with one attached hydrogen (secondary N) is 2. The molecule has 3 rings (SSSR count). The van der Waals surface area contributed by atoms with Gasteiger partial charge in [-0.3, -0.25) is 4.79 Å². The van der Waals surface area contributed by atoms with Gasteiger partial charge in [0.25, 0.3) is 0 Å². The third-order valence-electron chi connectivity index (χ3n) is 4.33. The van der Waals surface area contributed by atoms with Gasteiger partial charge in [-0.2, -0.15) is 0 Å². The first kappa shape index (κ1) is 14.1. The van der Waals surface area contributed by atoms with E-state index in [1.807, 2.05) is 24.4 Å². The van der Waals surface area contributed by atoms with Crippen LogP contribution in [-0.4, -0.2) is 53.2 Å². The van der Waals surface area contributed by atoms with Crippen LogP contribution >= 0.6 is 0 Å². The minimum atomic E-state index is -0.466. The summed E-state index contributed by atoms with van der Waals surface area (Å²) in [6, 6.07) is 8.00. The quantitative estimate of drug-likeness (QED) is 0.782. The molecule has 0 bridgehead atoms. The zero-order chi connectivity index (χ0) is 14.8. The van der Waals surface area contributed by atoms with E-state index in [0.717, 1.165) is 11.1 Å². The first-order valence-corrected chi connectivity index (χ1v) is 7.36. The van der Waals surface area contributed by atoms with Gasteiger partial charge < -0.3 is 20.3 Å². The molecule has 2 aromatic rings. The highest BCUT2D eigenvalue weighted by Crippen LogP contribution is 2.19. The Labute approximate surface area is 124 Å². The number of hydrogen-bond acceptors (Lipinski definition) is 3. The number of aryl methyl sites for hydroxylation is 1. The molecule has 1 saturated heterocycles. The number of benzene rings is 1. The monoisotopic (exact) mass is 287 g/mol. The molecule has 0 saturated carbocycles. The number of likely N-dealkylation sites (N-methyl/N-ethyl adjacent to an activating group) is 1. The summed E-state index contributed by atoms with van der Waals surface area (Å²) in [7, 11) is 1.78. The van der Waals surface area contributed by atoms with Crippen molar-refractivity contribution in [3.63, 3.8) is 0 Å². The van der Waals surface area contributed by atoms with Gasteiger partial charge in [-0.15, -0.1) is 0 Å². The Balaban J connectivity index is 1.63. The van der Waals surface area contributed by atoms with Gasteiger partial charge in [0.1, 0.15) is 0 Å². The molecule has 0 aliphatic carbocycles. The molecule has 0 radical (unpaired) electrons. The van der Waals surface area contributed by atoms with Gasteiger partial charge in [0, 0.05) is 43.7 Å². The first-order chi connectivity index (χ1) is 10.2. The third-order valence-corrected chi connectivity index (χ3v) is 4.33. The number of nitrogens with zero attached hydrogens (tertiary/aromatic N) is 1. The molecule has 0 unspecified atom stereocenters. The lowest BCUT2D eigenvalue weighted by Crippen LogP contribution is -2.44. The van der Waals surface area contributed by atoms with Crippen LogP contribution in [0.25, 0.3) is 10.9 Å². The summed E-state index contributed by atoms with van der Waals surface area (Å²) in [4.78, 5) is 17.2. The van der Waals surface area contributed by atoms with Crippen LogP contribution in [-0.2, 0) is 11.2 Å². The van der Waals surface area contributed by atoms with Crippen molar-refractivity contribution < 1.29 is 9.90 Å². The molecule has 0 spiro atoms. The Morgan fingerprint density at radius 1 is 1.38 bits per heavy atom. The van der Waals surface area contributed by atoms with Crippen molar-refractivity contribution in [1.29, 1.82) is 0 Å². The fraction of sp³-hybridized carbons (Fsp3) is 0.438. The van der Waals surface area contributed by atoms with Crippen LogP contribution in [0.15, 0.2) is 30.5 Å². The number of β-amino-alcohol motifs (C(OH)–C–C–N with tert-alkyl or cyclic N) is 1. The zero-order valence-electron chi connectivity index (χ0n) is 12.2. The van der Waals surface area contributed by atoms with Crippen LogP contribution in [0.4, 0.5) is 0 Å². The number of hydrogen-bond donors (Lipinski definition) is 3. The lowest BCUT2D eigenvalue weighted by atomic mass is 10.1. The maximum Gasteiger partial charge on any atom is 0.223 e. The molecule has 2 atom stereocenters. The molecule has 1 aromatic carbocycles. The van der Waals surface area contributed by atoms with E-state index in [0.29, 0.717) is 25.9 Å². The maximum atomic E-state index is 12.3. The minimum Gasteiger partial charge on any atom is -0.390 e. The Kier molecular flexibility index (Phi) is 3.94. The smallest absolute Gasteiger partial charge is 0.223 e. The number of H-pyrrole nitrogens is 1. The first-order valence-electron chi connectivity index (χ1n) is 7.36. The van der Waals surface area contributed by atoms with E-state index in [9.17, 15) is 9.90 Å². The number of carbonyl (C=O) groups is 1. The van der Waals surface area contributed by atoms with Crippen LogP contribution in [0.5, 0.6) is 0 Å². The van der Waals surface area contributed by atoms with Gasteiger partial charge in [-0.05, 0) is 18.1 Å². The van der Waals surface area contributed by atoms with Gasteiger partial charge in [-0.25, -0.2) is 0 Å². The molecule has 112 valence electrons. The Hall–Kier alpha value is -1.85. The molecule has 5 nitrogen and oxygen atoms in total. The highest BCUT2D eigenvalue weighted by Gasteiger charge is 2.30. The summed E-state index contributed by atoms with van der Waals surface area (Å²) >= 11 is 0. The third kappa shape index (κ3) is 2.80. The summed E-state index contributed by atoms with van der Waals surface area (Å²) in [6.07, 6.45) is 2.68. The van der Waals surface area contributed by atoms with Crippen molar-refractivity contribution in [2.75, 3.05) is 20.1 Å². The van der Waals surface area contributed by atoms with E-state index in [1.54, 1.807) is 11.9 Å². The van der Waals surface area contributed by atoms with E-state index in [4.69, 9.17) is 0 Å². The molecule has 21 heavy (non-hydrogen) atoms. The molecular formula is C16H21N3O2. The summed E-state index contributed by atoms with van der Waals surface area (Å²) < 4.78 is 0. The van der Waals surface area contributed by atoms with Crippen molar-refractivity contribution in [2.24, 2.45) is 0 Å². The van der Waals surface area contributed by atoms with E-state index in [2.05, 4.69) is 16.4 Å². The lowest BCUT2D eigenvalue weighted by molar-refractivity contribution is -0.133. The normalized spacial score (nSPS) is 21.8. The van der Waals surface area contributed by atoms with Crippen molar-refractivity contribution >= 4 is 16.8 Å². The van der Waals surface area contributed by atoms with Gasteiger partial charge in [0.05, 0.1) is 12.1 Å². The highest BCUT2D eigenvalue weighted by atomic mass is 16.3. The van der Waals surface area contributed by atoms with Gasteiger partial charge >= 0.3 is 0 Å². The number of aromatic nitrogens is 1. The van der Waals surface area contributed by atoms with Crippen LogP contribution in [0.1, 0.15) is 12.0 Å². The average Bonchev–Trinajstić information content (AvgIpc) is 3.10. The number of aromatic amines is 1. The largest absolute Gasteiger partial charge is 0.390 e. The van der Waals surface area contributed by atoms with Crippen LogP contribution in [0.3, 0.4) is 0 Å². The predicted octanol–water partition coefficient (Wildman–Crippen LogP) is 0.892. The van der Waals surface area contributed by atoms with Crippen molar-refractivity contribution in [3.8, 4) is 0 Å². The minimum absolute atomic E-state index is 0.0769. The molecule has 2 heterocycles. The number of amides is 1. The number of carbonyl (C=O) groups excluding carboxylic acids is 1. The van der Waals surface area contributed by atoms with E-state index < -0.39 is 6.10 Å². The van der Waals surface area contributed by atoms with Crippen molar-refractivity contribution in [3.05, 3.63) is 36.0 Å². The van der Waals surface area contributed by atoms with E-state index in [1.165, 1.54) is 5.39 Å². The molecule has 1 amide bonds. The fourth-order valence-corrected chi connectivity index (χ4v) is 2.99. The van der Waals surface area contributed by atoms with Crippen LogP contribution in [0, 0.1) is 0 Å². The second-order valence-corrected chi connectivity index (χ2v) is 5.66. The van der Waals surface area contributed by atoms with Crippen LogP contribution in [0.2, 0.25) is 0 Å². The van der Waals surface area contributed by atoms with Crippen molar-refractivity contribution in [2.45, 2.75) is 25.0 Å². The Morgan fingerprint density at radius 2 is 2.19 bits per heavy atom. The van der Waals surface area contributed by atoms with Crippen molar-refractivity contribution in [1.82, 2.24) is 15.2 Å².